The number of aliphatic carboxylic acids is 1. The lowest BCUT2D eigenvalue weighted by Gasteiger charge is -2.18. The highest BCUT2D eigenvalue weighted by molar-refractivity contribution is 6.04. The van der Waals surface area contributed by atoms with E-state index in [-0.39, 0.29) is 11.9 Å². The zero-order valence-corrected chi connectivity index (χ0v) is 14.1. The highest BCUT2D eigenvalue weighted by Gasteiger charge is 2.14. The molecule has 0 bridgehead atoms. The van der Waals surface area contributed by atoms with Crippen molar-refractivity contribution >= 4 is 17.9 Å². The minimum Gasteiger partial charge on any atom is -0.478 e. The largest absolute Gasteiger partial charge is 0.478 e. The lowest BCUT2D eigenvalue weighted by atomic mass is 10.1. The van der Waals surface area contributed by atoms with Crippen LogP contribution in [0.15, 0.2) is 72.6 Å². The van der Waals surface area contributed by atoms with Gasteiger partial charge in [-0.25, -0.2) is 9.59 Å². The van der Waals surface area contributed by atoms with E-state index in [1.165, 1.54) is 0 Å². The number of nitrogens with one attached hydrogen (secondary N) is 3. The van der Waals surface area contributed by atoms with Crippen molar-refractivity contribution < 1.29 is 19.5 Å². The highest BCUT2D eigenvalue weighted by atomic mass is 16.4. The summed E-state index contributed by atoms with van der Waals surface area (Å²) in [5.41, 5.74) is 1.23. The van der Waals surface area contributed by atoms with E-state index >= 15 is 0 Å². The van der Waals surface area contributed by atoms with E-state index in [4.69, 9.17) is 5.11 Å². The Bertz CT molecular complexity index is 804. The van der Waals surface area contributed by atoms with Crippen molar-refractivity contribution in [3.63, 3.8) is 0 Å². The number of carbonyl (C=O) groups is 3. The summed E-state index contributed by atoms with van der Waals surface area (Å²) in [5.74, 6) is -1.86. The molecule has 0 spiro atoms. The Balaban J connectivity index is 2.02. The summed E-state index contributed by atoms with van der Waals surface area (Å²) >= 11 is 0. The highest BCUT2D eigenvalue weighted by Crippen LogP contribution is 2.12. The molecule has 0 saturated heterocycles. The maximum absolute atomic E-state index is 12.0. The van der Waals surface area contributed by atoms with Crippen molar-refractivity contribution in [1.82, 2.24) is 16.0 Å². The first kappa shape index (κ1) is 18.7. The van der Waals surface area contributed by atoms with Crippen molar-refractivity contribution in [3.8, 4) is 0 Å². The Labute approximate surface area is 150 Å². The molecule has 1 atom stereocenters. The standard InChI is InChI=1S/C19H19N3O4/c1-13(14-8-4-2-5-9-14)20-16(12-17(23)24)21-19(26)22-18(25)15-10-6-3-7-11-15/h2-13,20H,1H3,(H,23,24)(H2,21,22,25,26)/b16-12+. The number of hydrogen-bond donors (Lipinski definition) is 4. The number of urea groups is 1. The average Bonchev–Trinajstić information content (AvgIpc) is 2.62. The maximum atomic E-state index is 12.0. The van der Waals surface area contributed by atoms with Crippen LogP contribution in [0.1, 0.15) is 28.9 Å². The first-order chi connectivity index (χ1) is 12.5. The zero-order chi connectivity index (χ0) is 18.9. The van der Waals surface area contributed by atoms with Gasteiger partial charge in [0.1, 0.15) is 5.82 Å². The fourth-order valence-corrected chi connectivity index (χ4v) is 2.21. The quantitative estimate of drug-likeness (QED) is 0.597. The Morgan fingerprint density at radius 2 is 1.50 bits per heavy atom. The third-order valence-corrected chi connectivity index (χ3v) is 3.45. The van der Waals surface area contributed by atoms with E-state index in [1.54, 1.807) is 30.3 Å². The predicted molar refractivity (Wildman–Crippen MR) is 96.2 cm³/mol. The van der Waals surface area contributed by atoms with Crippen LogP contribution in [0.5, 0.6) is 0 Å². The monoisotopic (exact) mass is 353 g/mol. The first-order valence-corrected chi connectivity index (χ1v) is 7.89. The molecule has 7 heteroatoms. The van der Waals surface area contributed by atoms with Crippen LogP contribution in [-0.4, -0.2) is 23.0 Å². The molecule has 2 aromatic carbocycles. The molecular formula is C19H19N3O4. The fourth-order valence-electron chi connectivity index (χ4n) is 2.21. The van der Waals surface area contributed by atoms with Gasteiger partial charge in [0.15, 0.2) is 0 Å². The summed E-state index contributed by atoms with van der Waals surface area (Å²) in [6.45, 7) is 1.82. The van der Waals surface area contributed by atoms with Crippen molar-refractivity contribution in [2.45, 2.75) is 13.0 Å². The third-order valence-electron chi connectivity index (χ3n) is 3.45. The fraction of sp³-hybridized carbons (Fsp3) is 0.105. The molecule has 2 rings (SSSR count). The molecule has 0 heterocycles. The molecule has 3 amide bonds. The summed E-state index contributed by atoms with van der Waals surface area (Å²) in [6, 6.07) is 16.4. The number of benzene rings is 2. The Kier molecular flexibility index (Phi) is 6.50. The smallest absolute Gasteiger partial charge is 0.331 e. The van der Waals surface area contributed by atoms with Gasteiger partial charge in [0.25, 0.3) is 5.91 Å². The Morgan fingerprint density at radius 1 is 0.923 bits per heavy atom. The van der Waals surface area contributed by atoms with Gasteiger partial charge in [0, 0.05) is 11.6 Å². The number of carboxylic acid groups (broad SMARTS) is 1. The SMILES string of the molecule is CC(N/C(=C\C(=O)O)NC(=O)NC(=O)c1ccccc1)c1ccccc1. The predicted octanol–water partition coefficient (Wildman–Crippen LogP) is 2.40. The summed E-state index contributed by atoms with van der Waals surface area (Å²) in [6.07, 6.45) is 0.825. The van der Waals surface area contributed by atoms with Gasteiger partial charge in [0.05, 0.1) is 6.08 Å². The van der Waals surface area contributed by atoms with Crippen LogP contribution in [0.25, 0.3) is 0 Å². The van der Waals surface area contributed by atoms with Crippen molar-refractivity contribution in [2.75, 3.05) is 0 Å². The summed E-state index contributed by atoms with van der Waals surface area (Å²) in [4.78, 5) is 35.0. The molecule has 134 valence electrons. The van der Waals surface area contributed by atoms with Crippen molar-refractivity contribution in [2.24, 2.45) is 0 Å². The van der Waals surface area contributed by atoms with Crippen molar-refractivity contribution in [1.29, 1.82) is 0 Å². The lowest BCUT2D eigenvalue weighted by Crippen LogP contribution is -2.42. The van der Waals surface area contributed by atoms with Gasteiger partial charge < -0.3 is 10.4 Å². The van der Waals surface area contributed by atoms with Crippen LogP contribution in [0.3, 0.4) is 0 Å². The molecule has 0 aliphatic carbocycles. The van der Waals surface area contributed by atoms with E-state index in [1.807, 2.05) is 37.3 Å². The second-order valence-corrected chi connectivity index (χ2v) is 5.45. The van der Waals surface area contributed by atoms with E-state index < -0.39 is 17.9 Å². The third kappa shape index (κ3) is 5.79. The molecule has 0 aromatic heterocycles. The number of imide groups is 1. The van der Waals surface area contributed by atoms with E-state index in [9.17, 15) is 14.4 Å². The number of rotatable bonds is 6. The summed E-state index contributed by atoms with van der Waals surface area (Å²) in [7, 11) is 0. The topological polar surface area (TPSA) is 108 Å². The van der Waals surface area contributed by atoms with E-state index in [0.717, 1.165) is 11.6 Å². The van der Waals surface area contributed by atoms with Gasteiger partial charge in [-0.3, -0.25) is 15.4 Å². The summed E-state index contributed by atoms with van der Waals surface area (Å²) < 4.78 is 0. The van der Waals surface area contributed by atoms with Crippen LogP contribution in [0, 0.1) is 0 Å². The molecule has 1 unspecified atom stereocenters. The molecule has 0 saturated carbocycles. The molecule has 0 aliphatic rings. The number of hydrogen-bond acceptors (Lipinski definition) is 4. The van der Waals surface area contributed by atoms with Gasteiger partial charge in [-0.05, 0) is 24.6 Å². The summed E-state index contributed by atoms with van der Waals surface area (Å²) in [5, 5.41) is 16.4. The molecular weight excluding hydrogens is 334 g/mol. The molecule has 26 heavy (non-hydrogen) atoms. The van der Waals surface area contributed by atoms with Crippen LogP contribution in [0.2, 0.25) is 0 Å². The van der Waals surface area contributed by atoms with Gasteiger partial charge in [-0.2, -0.15) is 0 Å². The Hall–Kier alpha value is -3.61. The van der Waals surface area contributed by atoms with Crippen LogP contribution >= 0.6 is 0 Å². The van der Waals surface area contributed by atoms with Crippen LogP contribution in [0.4, 0.5) is 4.79 Å². The molecule has 7 nitrogen and oxygen atoms in total. The Morgan fingerprint density at radius 3 is 2.08 bits per heavy atom. The zero-order valence-electron chi connectivity index (χ0n) is 14.1. The maximum Gasteiger partial charge on any atom is 0.331 e. The van der Waals surface area contributed by atoms with E-state index in [0.29, 0.717) is 5.56 Å². The van der Waals surface area contributed by atoms with Crippen LogP contribution < -0.4 is 16.0 Å². The minimum absolute atomic E-state index is 0.0350. The molecule has 0 aliphatic heterocycles. The molecule has 0 fully saturated rings. The molecule has 0 radical (unpaired) electrons. The number of carboxylic acids is 1. The minimum atomic E-state index is -1.23. The lowest BCUT2D eigenvalue weighted by molar-refractivity contribution is -0.131. The normalized spacial score (nSPS) is 12.0. The van der Waals surface area contributed by atoms with E-state index in [2.05, 4.69) is 16.0 Å². The number of carbonyl (C=O) groups excluding carboxylic acids is 2. The van der Waals surface area contributed by atoms with Crippen LogP contribution in [-0.2, 0) is 4.79 Å². The van der Waals surface area contributed by atoms with Gasteiger partial charge in [-0.1, -0.05) is 48.5 Å². The molecule has 4 N–H and O–H groups in total. The second-order valence-electron chi connectivity index (χ2n) is 5.45. The first-order valence-electron chi connectivity index (χ1n) is 7.89. The average molecular weight is 353 g/mol. The van der Waals surface area contributed by atoms with Gasteiger partial charge in [0.2, 0.25) is 0 Å². The number of amides is 3. The van der Waals surface area contributed by atoms with Gasteiger partial charge in [-0.15, -0.1) is 0 Å². The van der Waals surface area contributed by atoms with Gasteiger partial charge >= 0.3 is 12.0 Å². The second kappa shape index (κ2) is 9.03. The van der Waals surface area contributed by atoms with Crippen molar-refractivity contribution in [3.05, 3.63) is 83.7 Å². The molecule has 2 aromatic rings.